The van der Waals surface area contributed by atoms with Crippen molar-refractivity contribution in [3.8, 4) is 0 Å². The largest absolute Gasteiger partial charge is 0.477 e. The lowest BCUT2D eigenvalue weighted by atomic mass is 10.0. The van der Waals surface area contributed by atoms with Crippen molar-refractivity contribution in [2.24, 2.45) is 16.8 Å². The Bertz CT molecular complexity index is 1040. The zero-order chi connectivity index (χ0) is 24.3. The lowest BCUT2D eigenvalue weighted by Crippen LogP contribution is -2.71. The molecule has 2 atom stereocenters. The molecule has 1 unspecified atom stereocenters. The number of anilines is 1. The first-order chi connectivity index (χ1) is 15.6. The number of aliphatic carboxylic acids is 1. The Hall–Kier alpha value is -3.33. The molecule has 1 fully saturated rings. The van der Waals surface area contributed by atoms with Gasteiger partial charge in [0.15, 0.2) is 10.8 Å². The van der Waals surface area contributed by atoms with Crippen LogP contribution in [0.15, 0.2) is 21.8 Å². The number of nitrogen functional groups attached to an aromatic ring is 1. The first-order valence-electron chi connectivity index (χ1n) is 9.64. The molecule has 6 N–H and O–H groups in total. The number of hydrogen-bond acceptors (Lipinski definition) is 11. The number of fused-ring (bicyclic) bond motifs is 1. The number of thioether (sulfide) groups is 1. The lowest BCUT2D eigenvalue weighted by Gasteiger charge is -2.49. The first kappa shape index (κ1) is 24.3. The van der Waals surface area contributed by atoms with Crippen LogP contribution in [0.2, 0.25) is 0 Å². The van der Waals surface area contributed by atoms with Crippen LogP contribution in [0.25, 0.3) is 0 Å². The normalized spacial score (nSPS) is 20.3. The summed E-state index contributed by atoms with van der Waals surface area (Å²) in [7, 11) is 0. The van der Waals surface area contributed by atoms with E-state index < -0.39 is 35.3 Å². The van der Waals surface area contributed by atoms with E-state index in [1.165, 1.54) is 17.1 Å². The molecule has 33 heavy (non-hydrogen) atoms. The summed E-state index contributed by atoms with van der Waals surface area (Å²) in [5, 5.41) is 17.1. The van der Waals surface area contributed by atoms with E-state index in [1.54, 1.807) is 0 Å². The molecule has 0 radical (unpaired) electrons. The number of hydrogen-bond donors (Lipinski definition) is 4. The van der Waals surface area contributed by atoms with E-state index in [4.69, 9.17) is 16.3 Å². The number of nitrogens with one attached hydrogen (secondary N) is 1. The van der Waals surface area contributed by atoms with E-state index in [2.05, 4.69) is 20.2 Å². The SMILES string of the molecule is CC(C)CO/N=C(/C(=O)NC1C(=O)N2C(C(=O)O)=C(COC(N)=O)CS[C@H]12)c1csc(N)n1. The van der Waals surface area contributed by atoms with E-state index in [0.717, 1.165) is 16.2 Å². The second-order valence-electron chi connectivity index (χ2n) is 7.43. The van der Waals surface area contributed by atoms with Crippen LogP contribution in [-0.4, -0.2) is 75.0 Å². The molecule has 0 bridgehead atoms. The molecule has 3 heterocycles. The maximum Gasteiger partial charge on any atom is 0.404 e. The third-order valence-corrected chi connectivity index (χ3v) is 6.48. The first-order valence-corrected chi connectivity index (χ1v) is 11.6. The van der Waals surface area contributed by atoms with Crippen LogP contribution < -0.4 is 16.8 Å². The average Bonchev–Trinajstić information content (AvgIpc) is 3.17. The van der Waals surface area contributed by atoms with Crippen molar-refractivity contribution < 1.29 is 33.9 Å². The molecule has 2 aliphatic heterocycles. The van der Waals surface area contributed by atoms with E-state index >= 15 is 0 Å². The summed E-state index contributed by atoms with van der Waals surface area (Å²) in [4.78, 5) is 58.7. The number of carbonyl (C=O) groups excluding carboxylic acids is 3. The fourth-order valence-electron chi connectivity index (χ4n) is 3.01. The quantitative estimate of drug-likeness (QED) is 0.203. The van der Waals surface area contributed by atoms with Crippen molar-refractivity contribution in [2.75, 3.05) is 24.7 Å². The van der Waals surface area contributed by atoms with Gasteiger partial charge in [0, 0.05) is 16.7 Å². The standard InChI is InChI=1S/C18H22N6O7S2/c1-7(2)3-31-23-10(9-6-33-17(19)21-9)13(25)22-11-14(26)24-12(16(27)28)8(4-30-18(20)29)5-32-15(11)24/h6-7,11,15H,3-5H2,1-2H3,(H2,19,21)(H2,20,29)(H,22,25)(H,27,28)/b23-10+/t11?,15-/m1/s1. The fraction of sp³-hybridized carbons (Fsp3) is 0.444. The second-order valence-corrected chi connectivity index (χ2v) is 9.42. The number of oxime groups is 1. The van der Waals surface area contributed by atoms with E-state index in [-0.39, 0.29) is 52.7 Å². The van der Waals surface area contributed by atoms with Crippen LogP contribution in [0.1, 0.15) is 19.5 Å². The Balaban J connectivity index is 1.77. The van der Waals surface area contributed by atoms with Crippen LogP contribution in [0.5, 0.6) is 0 Å². The van der Waals surface area contributed by atoms with Crippen LogP contribution in [0.4, 0.5) is 9.93 Å². The second kappa shape index (κ2) is 10.1. The average molecular weight is 499 g/mol. The number of ether oxygens (including phenoxy) is 1. The van der Waals surface area contributed by atoms with Gasteiger partial charge in [0.25, 0.3) is 11.8 Å². The number of amides is 3. The minimum atomic E-state index is -1.36. The van der Waals surface area contributed by atoms with Gasteiger partial charge in [-0.05, 0) is 5.92 Å². The summed E-state index contributed by atoms with van der Waals surface area (Å²) in [5.74, 6) is -2.38. The third-order valence-electron chi connectivity index (χ3n) is 4.47. The molecule has 3 amide bonds. The molecule has 178 valence electrons. The van der Waals surface area contributed by atoms with Gasteiger partial charge in [-0.1, -0.05) is 19.0 Å². The molecule has 0 saturated carbocycles. The maximum atomic E-state index is 12.9. The number of β-lactam (4-membered cyclic amide) rings is 1. The topological polar surface area (TPSA) is 200 Å². The highest BCUT2D eigenvalue weighted by Crippen LogP contribution is 2.40. The number of nitrogens with zero attached hydrogens (tertiary/aromatic N) is 3. The van der Waals surface area contributed by atoms with Gasteiger partial charge in [-0.2, -0.15) is 0 Å². The van der Waals surface area contributed by atoms with Crippen LogP contribution >= 0.6 is 23.1 Å². The Kier molecular flexibility index (Phi) is 7.43. The van der Waals surface area contributed by atoms with Gasteiger partial charge >= 0.3 is 12.1 Å². The maximum absolute atomic E-state index is 12.9. The van der Waals surface area contributed by atoms with Crippen molar-refractivity contribution in [3.05, 3.63) is 22.3 Å². The number of nitrogens with two attached hydrogens (primary N) is 2. The molecule has 2 aliphatic rings. The zero-order valence-corrected chi connectivity index (χ0v) is 19.3. The summed E-state index contributed by atoms with van der Waals surface area (Å²) in [6.45, 7) is 3.73. The molecular formula is C18H22N6O7S2. The van der Waals surface area contributed by atoms with E-state index in [0.29, 0.717) is 0 Å². The van der Waals surface area contributed by atoms with Gasteiger partial charge in [0.1, 0.15) is 36.0 Å². The van der Waals surface area contributed by atoms with Crippen molar-refractivity contribution in [3.63, 3.8) is 0 Å². The molecular weight excluding hydrogens is 476 g/mol. The highest BCUT2D eigenvalue weighted by atomic mass is 32.2. The Morgan fingerprint density at radius 1 is 1.42 bits per heavy atom. The fourth-order valence-corrected chi connectivity index (χ4v) is 4.89. The number of rotatable bonds is 9. The predicted molar refractivity (Wildman–Crippen MR) is 119 cm³/mol. The zero-order valence-electron chi connectivity index (χ0n) is 17.6. The molecule has 13 nitrogen and oxygen atoms in total. The van der Waals surface area contributed by atoms with Crippen LogP contribution in [-0.2, 0) is 24.0 Å². The highest BCUT2D eigenvalue weighted by molar-refractivity contribution is 8.00. The summed E-state index contributed by atoms with van der Waals surface area (Å²) in [6, 6.07) is -0.998. The lowest BCUT2D eigenvalue weighted by molar-refractivity contribution is -0.150. The molecule has 0 spiro atoms. The van der Waals surface area contributed by atoms with Gasteiger partial charge in [-0.15, -0.1) is 23.1 Å². The summed E-state index contributed by atoms with van der Waals surface area (Å²) < 4.78 is 4.68. The Morgan fingerprint density at radius 2 is 2.15 bits per heavy atom. The Labute approximate surface area is 196 Å². The minimum Gasteiger partial charge on any atom is -0.477 e. The molecule has 15 heteroatoms. The van der Waals surface area contributed by atoms with Crippen molar-refractivity contribution in [1.29, 1.82) is 0 Å². The number of primary amides is 1. The summed E-state index contributed by atoms with van der Waals surface area (Å²) in [5.41, 5.74) is 10.6. The number of thiazole rings is 1. The third kappa shape index (κ3) is 5.36. The van der Waals surface area contributed by atoms with Crippen LogP contribution in [0.3, 0.4) is 0 Å². The highest BCUT2D eigenvalue weighted by Gasteiger charge is 2.54. The van der Waals surface area contributed by atoms with Crippen molar-refractivity contribution in [1.82, 2.24) is 15.2 Å². The molecule has 0 aromatic carbocycles. The van der Waals surface area contributed by atoms with Gasteiger partial charge in [0.2, 0.25) is 0 Å². The number of carboxylic acid groups (broad SMARTS) is 1. The van der Waals surface area contributed by atoms with Crippen molar-refractivity contribution >= 4 is 57.8 Å². The van der Waals surface area contributed by atoms with E-state index in [1.807, 2.05) is 13.8 Å². The summed E-state index contributed by atoms with van der Waals surface area (Å²) in [6.07, 6.45) is -1.06. The molecule has 1 saturated heterocycles. The summed E-state index contributed by atoms with van der Waals surface area (Å²) >= 11 is 2.33. The van der Waals surface area contributed by atoms with Crippen LogP contribution in [0, 0.1) is 5.92 Å². The minimum absolute atomic E-state index is 0.153. The predicted octanol–water partition coefficient (Wildman–Crippen LogP) is -0.0641. The smallest absolute Gasteiger partial charge is 0.404 e. The number of carbonyl (C=O) groups is 4. The van der Waals surface area contributed by atoms with Crippen molar-refractivity contribution in [2.45, 2.75) is 25.3 Å². The molecule has 3 rings (SSSR count). The number of carboxylic acids is 1. The van der Waals surface area contributed by atoms with Gasteiger partial charge in [-0.3, -0.25) is 14.5 Å². The van der Waals surface area contributed by atoms with E-state index in [9.17, 15) is 24.3 Å². The van der Waals surface area contributed by atoms with Gasteiger partial charge in [-0.25, -0.2) is 14.6 Å². The number of aromatic nitrogens is 1. The molecule has 1 aromatic rings. The van der Waals surface area contributed by atoms with Gasteiger partial charge in [0.05, 0.1) is 0 Å². The Morgan fingerprint density at radius 3 is 2.73 bits per heavy atom. The van der Waals surface area contributed by atoms with Gasteiger partial charge < -0.3 is 31.5 Å². The molecule has 1 aromatic heterocycles. The monoisotopic (exact) mass is 498 g/mol. The molecule has 0 aliphatic carbocycles.